The summed E-state index contributed by atoms with van der Waals surface area (Å²) in [5, 5.41) is 19.3. The van der Waals surface area contributed by atoms with Crippen molar-refractivity contribution >= 4 is 5.97 Å². The molecule has 2 saturated carbocycles. The number of aliphatic carboxylic acids is 1. The minimum Gasteiger partial charge on any atom is -0.478 e. The second-order valence-corrected chi connectivity index (χ2v) is 11.6. The van der Waals surface area contributed by atoms with Gasteiger partial charge < -0.3 is 10.2 Å². The topological polar surface area (TPSA) is 57.5 Å². The van der Waals surface area contributed by atoms with Gasteiger partial charge in [-0.2, -0.15) is 0 Å². The monoisotopic (exact) mass is 474 g/mol. The van der Waals surface area contributed by atoms with Crippen LogP contribution < -0.4 is 0 Å². The highest BCUT2D eigenvalue weighted by atomic mass is 16.4. The molecule has 0 amide bonds. The van der Waals surface area contributed by atoms with Crippen molar-refractivity contribution in [3.63, 3.8) is 0 Å². The highest BCUT2D eigenvalue weighted by Crippen LogP contribution is 2.71. The molecule has 0 radical (unpaired) electrons. The van der Waals surface area contributed by atoms with Crippen molar-refractivity contribution in [3.05, 3.63) is 23.3 Å². The van der Waals surface area contributed by atoms with Crippen LogP contribution in [0.5, 0.6) is 0 Å². The van der Waals surface area contributed by atoms with Gasteiger partial charge in [-0.1, -0.05) is 72.6 Å². The molecule has 2 fully saturated rings. The highest BCUT2D eigenvalue weighted by molar-refractivity contribution is 5.79. The summed E-state index contributed by atoms with van der Waals surface area (Å²) in [6, 6.07) is 0. The Hall–Kier alpha value is -1.09. The van der Waals surface area contributed by atoms with Crippen LogP contribution in [0, 0.1) is 34.0 Å². The Morgan fingerprint density at radius 2 is 1.65 bits per heavy atom. The standard InChI is InChI=1S/C27H42O3.2C2H6/c1-18-20-10-11-22-21(25(20,2)15-14-23(18)28)13-17-26(3)19(12-16-27(22,26)4)8-6-5-7-9-24(29)30;2*1-2/h7,9,18-20,23,28H,5-6,8,10-17H2,1-4H3,(H,29,30);2*1-2H3/b9-7+;;/t18?,19?,20?,23?,25?,26?,27-;;/m0../s1. The lowest BCUT2D eigenvalue weighted by Gasteiger charge is -2.59. The van der Waals surface area contributed by atoms with E-state index >= 15 is 0 Å². The molecule has 3 nitrogen and oxygen atoms in total. The largest absolute Gasteiger partial charge is 0.478 e. The van der Waals surface area contributed by atoms with Gasteiger partial charge in [0.1, 0.15) is 0 Å². The number of carboxylic acid groups (broad SMARTS) is 1. The zero-order valence-corrected chi connectivity index (χ0v) is 23.5. The maximum atomic E-state index is 10.7. The van der Waals surface area contributed by atoms with Gasteiger partial charge in [-0.05, 0) is 105 Å². The average Bonchev–Trinajstić information content (AvgIpc) is 3.10. The van der Waals surface area contributed by atoms with Crippen molar-refractivity contribution < 1.29 is 15.0 Å². The molecule has 0 aromatic carbocycles. The number of aliphatic hydroxyl groups excluding tert-OH is 1. The van der Waals surface area contributed by atoms with Crippen molar-refractivity contribution in [1.29, 1.82) is 0 Å². The first kappa shape index (κ1) is 29.1. The number of carboxylic acids is 1. The highest BCUT2D eigenvalue weighted by Gasteiger charge is 2.61. The van der Waals surface area contributed by atoms with Gasteiger partial charge in [-0.25, -0.2) is 4.79 Å². The molecule has 4 rings (SSSR count). The zero-order valence-electron chi connectivity index (χ0n) is 23.5. The molecule has 0 bridgehead atoms. The number of allylic oxidation sites excluding steroid dienone is 3. The second-order valence-electron chi connectivity index (χ2n) is 11.6. The quantitative estimate of drug-likeness (QED) is 0.238. The van der Waals surface area contributed by atoms with Gasteiger partial charge in [0.05, 0.1) is 6.10 Å². The van der Waals surface area contributed by atoms with E-state index in [0.717, 1.165) is 31.6 Å². The minimum absolute atomic E-state index is 0.110. The molecule has 6 unspecified atom stereocenters. The Morgan fingerprint density at radius 3 is 2.29 bits per heavy atom. The molecule has 0 aromatic rings. The molecule has 4 aliphatic rings. The van der Waals surface area contributed by atoms with Gasteiger partial charge in [0, 0.05) is 6.08 Å². The average molecular weight is 475 g/mol. The Morgan fingerprint density at radius 1 is 0.971 bits per heavy atom. The third kappa shape index (κ3) is 4.93. The van der Waals surface area contributed by atoms with Gasteiger partial charge in [0.15, 0.2) is 0 Å². The van der Waals surface area contributed by atoms with Crippen LogP contribution in [-0.2, 0) is 4.79 Å². The van der Waals surface area contributed by atoms with Crippen LogP contribution in [0.25, 0.3) is 0 Å². The smallest absolute Gasteiger partial charge is 0.327 e. The Kier molecular flexibility index (Phi) is 10.1. The minimum atomic E-state index is -0.837. The van der Waals surface area contributed by atoms with E-state index in [9.17, 15) is 9.90 Å². The SMILES string of the molecule is CC.CC.CC1C(O)CCC2(C)C3=C(CCC12)[C@]1(C)CCC(CCC/C=C/C(=O)O)C1(C)CC3. The van der Waals surface area contributed by atoms with Crippen molar-refractivity contribution in [1.82, 2.24) is 0 Å². The van der Waals surface area contributed by atoms with E-state index in [2.05, 4.69) is 27.7 Å². The molecular weight excluding hydrogens is 420 g/mol. The number of hydrogen-bond donors (Lipinski definition) is 2. The fourth-order valence-electron chi connectivity index (χ4n) is 8.55. The lowest BCUT2D eigenvalue weighted by atomic mass is 9.45. The van der Waals surface area contributed by atoms with E-state index in [-0.39, 0.29) is 6.10 Å². The number of carbonyl (C=O) groups is 1. The molecular formula is C31H54O3. The van der Waals surface area contributed by atoms with Crippen LogP contribution in [0.3, 0.4) is 0 Å². The lowest BCUT2D eigenvalue weighted by Crippen LogP contribution is -2.51. The van der Waals surface area contributed by atoms with Crippen LogP contribution in [0.2, 0.25) is 0 Å². The molecule has 0 heterocycles. The summed E-state index contributed by atoms with van der Waals surface area (Å²) < 4.78 is 0. The Balaban J connectivity index is 0.000000970. The van der Waals surface area contributed by atoms with Crippen molar-refractivity contribution in [2.45, 2.75) is 132 Å². The lowest BCUT2D eigenvalue weighted by molar-refractivity contribution is -0.131. The van der Waals surface area contributed by atoms with Crippen LogP contribution in [0.15, 0.2) is 23.3 Å². The van der Waals surface area contributed by atoms with Gasteiger partial charge >= 0.3 is 5.97 Å². The first-order valence-electron chi connectivity index (χ1n) is 14.4. The van der Waals surface area contributed by atoms with E-state index in [1.54, 1.807) is 5.57 Å². The molecule has 7 atom stereocenters. The molecule has 196 valence electrons. The molecule has 0 saturated heterocycles. The third-order valence-corrected chi connectivity index (χ3v) is 10.7. The maximum absolute atomic E-state index is 10.7. The molecule has 2 N–H and O–H groups in total. The maximum Gasteiger partial charge on any atom is 0.327 e. The zero-order chi connectivity index (χ0) is 25.7. The molecule has 34 heavy (non-hydrogen) atoms. The number of aliphatic hydroxyl groups is 1. The Labute approximate surface area is 210 Å². The van der Waals surface area contributed by atoms with Gasteiger partial charge in [-0.3, -0.25) is 0 Å². The number of rotatable bonds is 5. The summed E-state index contributed by atoms with van der Waals surface area (Å²) >= 11 is 0. The van der Waals surface area contributed by atoms with Crippen LogP contribution >= 0.6 is 0 Å². The van der Waals surface area contributed by atoms with Crippen LogP contribution in [0.1, 0.15) is 126 Å². The summed E-state index contributed by atoms with van der Waals surface area (Å²) in [6.45, 7) is 18.0. The summed E-state index contributed by atoms with van der Waals surface area (Å²) in [6.07, 6.45) is 16.0. The molecule has 4 aliphatic carbocycles. The van der Waals surface area contributed by atoms with Crippen LogP contribution in [0.4, 0.5) is 0 Å². The first-order valence-corrected chi connectivity index (χ1v) is 14.4. The molecule has 3 heteroatoms. The van der Waals surface area contributed by atoms with E-state index in [1.807, 2.05) is 39.3 Å². The number of fused-ring (bicyclic) bond motifs is 4. The summed E-state index contributed by atoms with van der Waals surface area (Å²) in [5.41, 5.74) is 4.62. The molecule has 0 aliphatic heterocycles. The second kappa shape index (κ2) is 11.8. The fraction of sp³-hybridized carbons (Fsp3) is 0.839. The van der Waals surface area contributed by atoms with Gasteiger partial charge in [0.2, 0.25) is 0 Å². The van der Waals surface area contributed by atoms with E-state index in [0.29, 0.717) is 28.1 Å². The Bertz CT molecular complexity index is 752. The van der Waals surface area contributed by atoms with Crippen molar-refractivity contribution in [2.75, 3.05) is 0 Å². The third-order valence-electron chi connectivity index (χ3n) is 10.7. The predicted octanol–water partition coefficient (Wildman–Crippen LogP) is 8.57. The predicted molar refractivity (Wildman–Crippen MR) is 144 cm³/mol. The molecule has 0 spiro atoms. The summed E-state index contributed by atoms with van der Waals surface area (Å²) in [4.78, 5) is 10.7. The summed E-state index contributed by atoms with van der Waals surface area (Å²) in [5.74, 6) is 0.989. The normalized spacial score (nSPS) is 40.9. The van der Waals surface area contributed by atoms with E-state index in [1.165, 1.54) is 51.0 Å². The van der Waals surface area contributed by atoms with Gasteiger partial charge in [0.25, 0.3) is 0 Å². The van der Waals surface area contributed by atoms with E-state index < -0.39 is 5.97 Å². The molecule has 0 aromatic heterocycles. The van der Waals surface area contributed by atoms with Crippen molar-refractivity contribution in [2.24, 2.45) is 34.0 Å². The van der Waals surface area contributed by atoms with Crippen LogP contribution in [-0.4, -0.2) is 22.3 Å². The van der Waals surface area contributed by atoms with Crippen molar-refractivity contribution in [3.8, 4) is 0 Å². The number of hydrogen-bond acceptors (Lipinski definition) is 2. The number of unbranched alkanes of at least 4 members (excludes halogenated alkanes) is 1. The fourth-order valence-corrected chi connectivity index (χ4v) is 8.55. The van der Waals surface area contributed by atoms with Gasteiger partial charge in [-0.15, -0.1) is 0 Å². The summed E-state index contributed by atoms with van der Waals surface area (Å²) in [7, 11) is 0. The first-order chi connectivity index (χ1) is 16.1. The van der Waals surface area contributed by atoms with E-state index in [4.69, 9.17) is 5.11 Å².